The Morgan fingerprint density at radius 1 is 0.913 bits per heavy atom. The maximum atomic E-state index is 12.0. The lowest BCUT2D eigenvalue weighted by Gasteiger charge is -2.36. The van der Waals surface area contributed by atoms with Crippen LogP contribution in [0.1, 0.15) is 48.0 Å². The van der Waals surface area contributed by atoms with E-state index in [4.69, 9.17) is 9.47 Å². The van der Waals surface area contributed by atoms with Gasteiger partial charge in [-0.3, -0.25) is 0 Å². The molecule has 2 amide bonds. The number of tetrazole rings is 1. The number of rotatable bonds is 11. The Bertz CT molecular complexity index is 1720. The summed E-state index contributed by atoms with van der Waals surface area (Å²) in [5, 5.41) is 28.3. The lowest BCUT2D eigenvalue weighted by molar-refractivity contribution is -0.245. The molecule has 0 unspecified atom stereocenters. The molecule has 6 rings (SSSR count). The molecule has 0 saturated carbocycles. The highest BCUT2D eigenvalue weighted by Crippen LogP contribution is 2.40. The van der Waals surface area contributed by atoms with Crippen LogP contribution in [-0.2, 0) is 22.6 Å². The van der Waals surface area contributed by atoms with E-state index in [1.807, 2.05) is 91.9 Å². The summed E-state index contributed by atoms with van der Waals surface area (Å²) in [6, 6.07) is 33.7. The SMILES string of the molecule is CCNC(=O)NCc1ccccc1-c1ccc([C@@H]2O[C@H](CSc3nnnn3-c3ccccc3)C[C@H](c3ccc(CO)cc3)O2)cc1. The largest absolute Gasteiger partial charge is 0.392 e. The predicted molar refractivity (Wildman–Crippen MR) is 176 cm³/mol. The molecular weight excluding hydrogens is 600 g/mol. The number of hydrogen-bond acceptors (Lipinski definition) is 8. The number of para-hydroxylation sites is 1. The van der Waals surface area contributed by atoms with Crippen LogP contribution in [0.4, 0.5) is 4.79 Å². The van der Waals surface area contributed by atoms with E-state index in [0.29, 0.717) is 30.4 Å². The molecule has 0 bridgehead atoms. The van der Waals surface area contributed by atoms with Gasteiger partial charge in [-0.2, -0.15) is 4.68 Å². The van der Waals surface area contributed by atoms with Crippen molar-refractivity contribution in [2.75, 3.05) is 12.3 Å². The summed E-state index contributed by atoms with van der Waals surface area (Å²) in [5.74, 6) is 0.627. The van der Waals surface area contributed by atoms with Crippen molar-refractivity contribution >= 4 is 17.8 Å². The lowest BCUT2D eigenvalue weighted by Crippen LogP contribution is -2.34. The minimum absolute atomic E-state index is 0.00951. The van der Waals surface area contributed by atoms with Gasteiger partial charge in [0.2, 0.25) is 5.16 Å². The summed E-state index contributed by atoms with van der Waals surface area (Å²) in [6.45, 7) is 2.87. The van der Waals surface area contributed by atoms with E-state index >= 15 is 0 Å². The number of aliphatic hydroxyl groups excluding tert-OH is 1. The molecule has 1 aliphatic heterocycles. The summed E-state index contributed by atoms with van der Waals surface area (Å²) in [4.78, 5) is 12.0. The normalized spacial score (nSPS) is 17.8. The van der Waals surface area contributed by atoms with Gasteiger partial charge in [-0.05, 0) is 57.3 Å². The Kier molecular flexibility index (Phi) is 10.4. The average Bonchev–Trinajstić information content (AvgIpc) is 3.59. The van der Waals surface area contributed by atoms with Gasteiger partial charge in [0.1, 0.15) is 0 Å². The minimum atomic E-state index is -0.587. The van der Waals surface area contributed by atoms with Crippen LogP contribution in [0.25, 0.3) is 16.8 Å². The highest BCUT2D eigenvalue weighted by molar-refractivity contribution is 7.99. The molecule has 10 nitrogen and oxygen atoms in total. The molecule has 11 heteroatoms. The second kappa shape index (κ2) is 15.2. The number of amides is 2. The third-order valence-corrected chi connectivity index (χ3v) is 8.79. The van der Waals surface area contributed by atoms with Crippen LogP contribution in [-0.4, -0.2) is 49.7 Å². The monoisotopic (exact) mass is 636 g/mol. The smallest absolute Gasteiger partial charge is 0.315 e. The van der Waals surface area contributed by atoms with E-state index in [2.05, 4.69) is 44.4 Å². The van der Waals surface area contributed by atoms with E-state index < -0.39 is 6.29 Å². The van der Waals surface area contributed by atoms with Gasteiger partial charge in [0.15, 0.2) is 6.29 Å². The number of benzene rings is 4. The van der Waals surface area contributed by atoms with Gasteiger partial charge in [-0.1, -0.05) is 103 Å². The topological polar surface area (TPSA) is 123 Å². The van der Waals surface area contributed by atoms with Gasteiger partial charge in [0.05, 0.1) is 24.5 Å². The first-order valence-corrected chi connectivity index (χ1v) is 16.3. The van der Waals surface area contributed by atoms with E-state index in [0.717, 1.165) is 39.1 Å². The zero-order valence-electron chi connectivity index (χ0n) is 25.5. The van der Waals surface area contributed by atoms with Crippen molar-refractivity contribution in [3.63, 3.8) is 0 Å². The van der Waals surface area contributed by atoms with Gasteiger partial charge < -0.3 is 25.2 Å². The molecule has 4 aromatic carbocycles. The third-order valence-electron chi connectivity index (χ3n) is 7.74. The molecule has 3 N–H and O–H groups in total. The first-order chi connectivity index (χ1) is 22.6. The van der Waals surface area contributed by atoms with Crippen LogP contribution in [0, 0.1) is 0 Å². The number of nitrogens with zero attached hydrogens (tertiary/aromatic N) is 4. The van der Waals surface area contributed by atoms with Gasteiger partial charge in [0.25, 0.3) is 0 Å². The van der Waals surface area contributed by atoms with Crippen molar-refractivity contribution in [2.24, 2.45) is 0 Å². The number of thioether (sulfide) groups is 1. The molecule has 0 spiro atoms. The molecule has 236 valence electrons. The maximum absolute atomic E-state index is 12.0. The van der Waals surface area contributed by atoms with Crippen LogP contribution in [0.5, 0.6) is 0 Å². The van der Waals surface area contributed by atoms with Gasteiger partial charge in [-0.25, -0.2) is 4.79 Å². The Balaban J connectivity index is 1.20. The highest BCUT2D eigenvalue weighted by atomic mass is 32.2. The number of urea groups is 1. The fourth-order valence-corrected chi connectivity index (χ4v) is 6.27. The van der Waals surface area contributed by atoms with Gasteiger partial charge in [0, 0.05) is 30.8 Å². The average molecular weight is 637 g/mol. The molecule has 0 aliphatic carbocycles. The van der Waals surface area contributed by atoms with Crippen LogP contribution in [0.2, 0.25) is 0 Å². The number of carbonyl (C=O) groups is 1. The van der Waals surface area contributed by atoms with E-state index in [-0.39, 0.29) is 24.8 Å². The van der Waals surface area contributed by atoms with E-state index in [1.165, 1.54) is 0 Å². The zero-order chi connectivity index (χ0) is 31.7. The molecule has 0 radical (unpaired) electrons. The standard InChI is InChI=1S/C35H36N6O4S/c1-2-36-34(43)37-21-28-8-6-7-11-31(28)25-16-18-27(19-17-25)33-44-30(20-32(45-33)26-14-12-24(22-42)13-15-26)23-46-35-38-39-40-41(35)29-9-4-3-5-10-29/h3-19,30,32-33,42H,2,20-23H2,1H3,(H2,36,37,43)/t30-,32+,33+/m0/s1. The Morgan fingerprint density at radius 2 is 1.65 bits per heavy atom. The molecule has 3 atom stereocenters. The summed E-state index contributed by atoms with van der Waals surface area (Å²) >= 11 is 1.55. The quantitative estimate of drug-likeness (QED) is 0.151. The Labute approximate surface area is 272 Å². The number of aromatic nitrogens is 4. The summed E-state index contributed by atoms with van der Waals surface area (Å²) in [5.41, 5.74) is 6.77. The summed E-state index contributed by atoms with van der Waals surface area (Å²) in [6.07, 6.45) is -0.287. The van der Waals surface area contributed by atoms with E-state index in [1.54, 1.807) is 16.4 Å². The van der Waals surface area contributed by atoms with Gasteiger partial charge in [-0.15, -0.1) is 5.10 Å². The molecule has 2 heterocycles. The second-order valence-corrected chi connectivity index (χ2v) is 11.8. The zero-order valence-corrected chi connectivity index (χ0v) is 26.3. The fraction of sp³-hybridized carbons (Fsp3) is 0.257. The number of nitrogens with one attached hydrogen (secondary N) is 2. The first-order valence-electron chi connectivity index (χ1n) is 15.3. The first kappa shape index (κ1) is 31.4. The molecule has 1 fully saturated rings. The fourth-order valence-electron chi connectivity index (χ4n) is 5.36. The number of ether oxygens (including phenoxy) is 2. The van der Waals surface area contributed by atoms with Gasteiger partial charge >= 0.3 is 6.03 Å². The van der Waals surface area contributed by atoms with Crippen LogP contribution in [0.15, 0.2) is 108 Å². The molecular formula is C35H36N6O4S. The second-order valence-electron chi connectivity index (χ2n) is 10.9. The van der Waals surface area contributed by atoms with Crippen molar-refractivity contribution in [3.8, 4) is 16.8 Å². The number of hydrogen-bond donors (Lipinski definition) is 3. The Morgan fingerprint density at radius 3 is 2.41 bits per heavy atom. The van der Waals surface area contributed by atoms with Crippen LogP contribution >= 0.6 is 11.8 Å². The molecule has 1 aliphatic rings. The maximum Gasteiger partial charge on any atom is 0.315 e. The third kappa shape index (κ3) is 7.63. The highest BCUT2D eigenvalue weighted by Gasteiger charge is 2.32. The van der Waals surface area contributed by atoms with Crippen molar-refractivity contribution in [1.82, 2.24) is 30.8 Å². The van der Waals surface area contributed by atoms with E-state index in [9.17, 15) is 9.90 Å². The van der Waals surface area contributed by atoms with Crippen molar-refractivity contribution in [3.05, 3.63) is 125 Å². The minimum Gasteiger partial charge on any atom is -0.392 e. The van der Waals surface area contributed by atoms with Crippen molar-refractivity contribution in [1.29, 1.82) is 0 Å². The predicted octanol–water partition coefficient (Wildman–Crippen LogP) is 5.98. The van der Waals surface area contributed by atoms with Crippen molar-refractivity contribution < 1.29 is 19.4 Å². The summed E-state index contributed by atoms with van der Waals surface area (Å²) in [7, 11) is 0. The molecule has 1 saturated heterocycles. The molecule has 46 heavy (non-hydrogen) atoms. The summed E-state index contributed by atoms with van der Waals surface area (Å²) < 4.78 is 14.8. The van der Waals surface area contributed by atoms with Crippen LogP contribution in [0.3, 0.4) is 0 Å². The Hall–Kier alpha value is -4.55. The molecule has 5 aromatic rings. The van der Waals surface area contributed by atoms with Crippen LogP contribution < -0.4 is 10.6 Å². The van der Waals surface area contributed by atoms with Crippen molar-refractivity contribution in [2.45, 2.75) is 50.2 Å². The number of carbonyl (C=O) groups excluding carboxylic acids is 1. The number of aliphatic hydroxyl groups is 1. The molecule has 1 aromatic heterocycles. The lowest BCUT2D eigenvalue weighted by atomic mass is 9.98.